The molecule has 0 fully saturated rings. The topological polar surface area (TPSA) is 120 Å². The van der Waals surface area contributed by atoms with E-state index in [1.165, 1.54) is 11.1 Å². The second-order valence-electron chi connectivity index (χ2n) is 8.81. The minimum atomic E-state index is -1.26. The van der Waals surface area contributed by atoms with Crippen molar-refractivity contribution in [2.75, 3.05) is 31.3 Å². The van der Waals surface area contributed by atoms with E-state index < -0.39 is 11.9 Å². The summed E-state index contributed by atoms with van der Waals surface area (Å²) in [7, 11) is 0. The molecule has 0 saturated heterocycles. The lowest BCUT2D eigenvalue weighted by Gasteiger charge is -2.33. The Morgan fingerprint density at radius 1 is 1.13 bits per heavy atom. The van der Waals surface area contributed by atoms with E-state index >= 15 is 0 Å². The van der Waals surface area contributed by atoms with Crippen LogP contribution in [0.1, 0.15) is 37.8 Å². The summed E-state index contributed by atoms with van der Waals surface area (Å²) in [5, 5.41) is 21.8. The number of halogens is 1. The van der Waals surface area contributed by atoms with Crippen molar-refractivity contribution in [1.29, 1.82) is 0 Å². The van der Waals surface area contributed by atoms with Crippen LogP contribution < -0.4 is 9.75 Å². The summed E-state index contributed by atoms with van der Waals surface area (Å²) in [6, 6.07) is 12.3. The Bertz CT molecular complexity index is 1210. The van der Waals surface area contributed by atoms with Gasteiger partial charge < -0.3 is 19.8 Å². The number of amides is 1. The maximum absolute atomic E-state index is 13.9. The number of carbonyl (C=O) groups is 3. The first-order valence-electron chi connectivity index (χ1n) is 12.5. The Balaban J connectivity index is 0.000000436. The Labute approximate surface area is 220 Å². The van der Waals surface area contributed by atoms with Crippen LogP contribution in [0.15, 0.2) is 59.7 Å². The van der Waals surface area contributed by atoms with Crippen molar-refractivity contribution in [2.24, 2.45) is 11.0 Å². The summed E-state index contributed by atoms with van der Waals surface area (Å²) in [6.45, 7) is 7.68. The lowest BCUT2D eigenvalue weighted by Crippen LogP contribution is -2.39. The maximum atomic E-state index is 13.9. The normalized spacial score (nSPS) is 16.3. The van der Waals surface area contributed by atoms with Crippen molar-refractivity contribution >= 4 is 29.2 Å². The van der Waals surface area contributed by atoms with Crippen LogP contribution in [0.2, 0.25) is 0 Å². The molecule has 1 aliphatic carbocycles. The van der Waals surface area contributed by atoms with Crippen molar-refractivity contribution < 1.29 is 33.7 Å². The second kappa shape index (κ2) is 13.5. The molecule has 0 bridgehead atoms. The zero-order chi connectivity index (χ0) is 27.7. The monoisotopic (exact) mass is 525 g/mol. The van der Waals surface area contributed by atoms with Gasteiger partial charge in [0.1, 0.15) is 18.2 Å². The van der Waals surface area contributed by atoms with Crippen LogP contribution in [0.3, 0.4) is 0 Å². The highest BCUT2D eigenvalue weighted by atomic mass is 19.1. The van der Waals surface area contributed by atoms with E-state index in [1.807, 2.05) is 30.3 Å². The molecule has 2 aliphatic rings. The number of benzene rings is 2. The fourth-order valence-corrected chi connectivity index (χ4v) is 4.37. The van der Waals surface area contributed by atoms with Gasteiger partial charge in [-0.25, -0.2) is 19.0 Å². The lowest BCUT2D eigenvalue weighted by atomic mass is 9.79. The van der Waals surface area contributed by atoms with Gasteiger partial charge >= 0.3 is 11.9 Å². The molecule has 1 unspecified atom stereocenters. The Morgan fingerprint density at radius 2 is 1.84 bits per heavy atom. The van der Waals surface area contributed by atoms with E-state index in [0.717, 1.165) is 49.3 Å². The molecule has 2 aromatic rings. The predicted octanol–water partition coefficient (Wildman–Crippen LogP) is 3.96. The summed E-state index contributed by atoms with van der Waals surface area (Å²) >= 11 is 0. The van der Waals surface area contributed by atoms with Gasteiger partial charge in [-0.15, -0.1) is 0 Å². The number of fused-ring (bicyclic) bond motifs is 3. The van der Waals surface area contributed by atoms with Crippen LogP contribution >= 0.6 is 0 Å². The van der Waals surface area contributed by atoms with Gasteiger partial charge in [-0.05, 0) is 55.8 Å². The third kappa shape index (κ3) is 7.72. The average Bonchev–Trinajstić information content (AvgIpc) is 2.90. The van der Waals surface area contributed by atoms with E-state index in [1.54, 1.807) is 6.07 Å². The number of carboxylic acid groups (broad SMARTS) is 2. The van der Waals surface area contributed by atoms with Gasteiger partial charge in [0.05, 0.1) is 11.4 Å². The number of aryl methyl sites for hydroxylation is 1. The number of hydrogen-bond acceptors (Lipinski definition) is 6. The van der Waals surface area contributed by atoms with Crippen molar-refractivity contribution in [1.82, 2.24) is 4.90 Å². The molecule has 1 atom stereocenters. The van der Waals surface area contributed by atoms with Crippen LogP contribution in [0.5, 0.6) is 5.75 Å². The highest BCUT2D eigenvalue weighted by Gasteiger charge is 2.34. The minimum Gasteiger partial charge on any atom is -0.492 e. The van der Waals surface area contributed by atoms with Gasteiger partial charge in [-0.3, -0.25) is 4.79 Å². The number of carbonyl (C=O) groups excluding carboxylic acids is 1. The SMILES string of the molecule is CCN(CC)CCOc1cccc(N2N=C3c4cc(F)ccc4CCC3CC2=O)c1.O=C(O)/C=C\C(=O)O. The van der Waals surface area contributed by atoms with Crippen molar-refractivity contribution in [3.8, 4) is 5.75 Å². The summed E-state index contributed by atoms with van der Waals surface area (Å²) in [6.07, 6.45) is 3.22. The van der Waals surface area contributed by atoms with Crippen molar-refractivity contribution in [3.63, 3.8) is 0 Å². The van der Waals surface area contributed by atoms with E-state index in [-0.39, 0.29) is 17.6 Å². The Hall–Kier alpha value is -4.05. The number of rotatable bonds is 9. The highest BCUT2D eigenvalue weighted by molar-refractivity contribution is 6.11. The third-order valence-electron chi connectivity index (χ3n) is 6.36. The quantitative estimate of drug-likeness (QED) is 0.476. The second-order valence-corrected chi connectivity index (χ2v) is 8.81. The largest absolute Gasteiger partial charge is 0.492 e. The van der Waals surface area contributed by atoms with Gasteiger partial charge in [0.2, 0.25) is 5.91 Å². The molecule has 0 saturated carbocycles. The molecule has 38 heavy (non-hydrogen) atoms. The standard InChI is InChI=1S/C24H28FN3O2.C4H4O4/c1-3-27(4-2)12-13-30-21-7-5-6-20(16-21)28-23(29)14-18-9-8-17-10-11-19(25)15-22(17)24(18)26-28;5-3(6)1-2-4(7)8/h5-7,10-11,15-16,18H,3-4,8-9,12-14H2,1-2H3;1-2H,(H,5,6)(H,7,8)/b;2-1-. The van der Waals surface area contributed by atoms with E-state index in [0.29, 0.717) is 36.6 Å². The van der Waals surface area contributed by atoms with Gasteiger partial charge in [-0.2, -0.15) is 5.10 Å². The smallest absolute Gasteiger partial charge is 0.328 e. The number of anilines is 1. The highest BCUT2D eigenvalue weighted by Crippen LogP contribution is 2.34. The molecular weight excluding hydrogens is 493 g/mol. The fourth-order valence-electron chi connectivity index (χ4n) is 4.37. The molecule has 1 heterocycles. The van der Waals surface area contributed by atoms with Crippen LogP contribution in [0, 0.1) is 11.7 Å². The Kier molecular flexibility index (Phi) is 10.1. The van der Waals surface area contributed by atoms with E-state index in [2.05, 4.69) is 23.8 Å². The summed E-state index contributed by atoms with van der Waals surface area (Å²) in [4.78, 5) is 34.2. The molecule has 9 nitrogen and oxygen atoms in total. The first kappa shape index (κ1) is 28.5. The number of aliphatic carboxylic acids is 2. The molecule has 4 rings (SSSR count). The number of ether oxygens (including phenoxy) is 1. The zero-order valence-electron chi connectivity index (χ0n) is 21.5. The van der Waals surface area contributed by atoms with Crippen molar-refractivity contribution in [3.05, 3.63) is 71.6 Å². The predicted molar refractivity (Wildman–Crippen MR) is 141 cm³/mol. The molecule has 2 aromatic carbocycles. The molecule has 202 valence electrons. The van der Waals surface area contributed by atoms with E-state index in [4.69, 9.17) is 14.9 Å². The average molecular weight is 526 g/mol. The molecule has 1 amide bonds. The van der Waals surface area contributed by atoms with Gasteiger partial charge in [0.15, 0.2) is 0 Å². The Morgan fingerprint density at radius 3 is 2.50 bits per heavy atom. The first-order chi connectivity index (χ1) is 18.2. The van der Waals surface area contributed by atoms with Crippen LogP contribution in [0.25, 0.3) is 0 Å². The number of nitrogens with zero attached hydrogens (tertiary/aromatic N) is 3. The number of likely N-dealkylation sites (N-methyl/N-ethyl adjacent to an activating group) is 1. The number of hydrazone groups is 1. The van der Waals surface area contributed by atoms with Crippen LogP contribution in [-0.4, -0.2) is 64.9 Å². The minimum absolute atomic E-state index is 0.0381. The number of hydrogen-bond donors (Lipinski definition) is 2. The van der Waals surface area contributed by atoms with E-state index in [9.17, 15) is 18.8 Å². The summed E-state index contributed by atoms with van der Waals surface area (Å²) in [5.74, 6) is -2.06. The summed E-state index contributed by atoms with van der Waals surface area (Å²) in [5.41, 5.74) is 3.41. The summed E-state index contributed by atoms with van der Waals surface area (Å²) < 4.78 is 19.8. The van der Waals surface area contributed by atoms with Crippen molar-refractivity contribution in [2.45, 2.75) is 33.1 Å². The molecule has 2 N–H and O–H groups in total. The molecule has 1 aliphatic heterocycles. The third-order valence-corrected chi connectivity index (χ3v) is 6.36. The first-order valence-corrected chi connectivity index (χ1v) is 12.5. The van der Waals surface area contributed by atoms with Gasteiger partial charge in [0, 0.05) is 42.7 Å². The molecule has 0 aromatic heterocycles. The molecule has 0 spiro atoms. The molecular formula is C28H32FN3O6. The van der Waals surface area contributed by atoms with Crippen LogP contribution in [0.4, 0.5) is 10.1 Å². The number of carboxylic acids is 2. The molecule has 10 heteroatoms. The van der Waals surface area contributed by atoms with Gasteiger partial charge in [-0.1, -0.05) is 26.0 Å². The fraction of sp³-hybridized carbons (Fsp3) is 0.357. The lowest BCUT2D eigenvalue weighted by molar-refractivity contribution is -0.134. The maximum Gasteiger partial charge on any atom is 0.328 e. The zero-order valence-corrected chi connectivity index (χ0v) is 21.5. The molecule has 0 radical (unpaired) electrons. The van der Waals surface area contributed by atoms with Gasteiger partial charge in [0.25, 0.3) is 0 Å². The van der Waals surface area contributed by atoms with Crippen LogP contribution in [-0.2, 0) is 20.8 Å².